The minimum Gasteiger partial charge on any atom is -0.207 e. The molecule has 3 aromatic carbocycles. The summed E-state index contributed by atoms with van der Waals surface area (Å²) in [4.78, 5) is -0.0145. The topological polar surface area (TPSA) is 0 Å². The molecule has 0 heterocycles. The fraction of sp³-hybridized carbons (Fsp3) is 0.158. The third kappa shape index (κ3) is 2.60. The van der Waals surface area contributed by atoms with Crippen LogP contribution in [0.15, 0.2) is 54.6 Å². The summed E-state index contributed by atoms with van der Waals surface area (Å²) in [6.07, 6.45) is 0. The summed E-state index contributed by atoms with van der Waals surface area (Å²) in [7, 11) is 0. The number of aryl methyl sites for hydroxylation is 2. The average molecular weight is 343 g/mol. The van der Waals surface area contributed by atoms with Gasteiger partial charge in [0, 0.05) is 0 Å². The second kappa shape index (κ2) is 5.61. The zero-order valence-electron chi connectivity index (χ0n) is 12.0. The fourth-order valence-corrected chi connectivity index (χ4v) is 3.88. The number of fused-ring (bicyclic) bond motifs is 1. The molecule has 21 heavy (non-hydrogen) atoms. The smallest absolute Gasteiger partial charge is 0.123 e. The molecular formula is C19H16BrF. The molecule has 0 aromatic heterocycles. The number of benzene rings is 3. The zero-order chi connectivity index (χ0) is 15.0. The number of rotatable bonds is 2. The van der Waals surface area contributed by atoms with Gasteiger partial charge in [0.05, 0.1) is 4.83 Å². The Kier molecular flexibility index (Phi) is 3.81. The minimum absolute atomic E-state index is 0.0145. The van der Waals surface area contributed by atoms with Crippen molar-refractivity contribution in [2.24, 2.45) is 0 Å². The minimum atomic E-state index is -0.196. The van der Waals surface area contributed by atoms with Crippen molar-refractivity contribution in [3.63, 3.8) is 0 Å². The van der Waals surface area contributed by atoms with Gasteiger partial charge in [0.1, 0.15) is 5.82 Å². The Bertz CT molecular complexity index is 808. The molecule has 0 aliphatic heterocycles. The molecule has 0 aliphatic rings. The molecule has 0 radical (unpaired) electrons. The third-order valence-electron chi connectivity index (χ3n) is 3.96. The first-order valence-electron chi connectivity index (χ1n) is 6.96. The molecule has 0 saturated heterocycles. The molecule has 3 rings (SSSR count). The SMILES string of the molecule is Cc1ccc(F)cc1C(Br)c1c(C)ccc2ccccc12. The molecule has 0 amide bonds. The first-order valence-corrected chi connectivity index (χ1v) is 7.88. The van der Waals surface area contributed by atoms with Gasteiger partial charge in [-0.1, -0.05) is 58.4 Å². The van der Waals surface area contributed by atoms with Crippen LogP contribution in [0, 0.1) is 19.7 Å². The Balaban J connectivity index is 2.24. The van der Waals surface area contributed by atoms with Gasteiger partial charge < -0.3 is 0 Å². The van der Waals surface area contributed by atoms with Crippen LogP contribution in [0.5, 0.6) is 0 Å². The van der Waals surface area contributed by atoms with Crippen molar-refractivity contribution in [1.82, 2.24) is 0 Å². The maximum absolute atomic E-state index is 13.6. The van der Waals surface area contributed by atoms with Gasteiger partial charge in [-0.3, -0.25) is 0 Å². The van der Waals surface area contributed by atoms with Crippen LogP contribution < -0.4 is 0 Å². The van der Waals surface area contributed by atoms with E-state index in [9.17, 15) is 4.39 Å². The summed E-state index contributed by atoms with van der Waals surface area (Å²) in [5.74, 6) is -0.196. The monoisotopic (exact) mass is 342 g/mol. The summed E-state index contributed by atoms with van der Waals surface area (Å²) in [5, 5.41) is 2.42. The van der Waals surface area contributed by atoms with Crippen LogP contribution in [-0.2, 0) is 0 Å². The van der Waals surface area contributed by atoms with Crippen LogP contribution in [0.25, 0.3) is 10.8 Å². The molecule has 1 atom stereocenters. The molecule has 0 saturated carbocycles. The van der Waals surface area contributed by atoms with E-state index in [0.29, 0.717) is 0 Å². The van der Waals surface area contributed by atoms with E-state index in [2.05, 4.69) is 47.1 Å². The number of alkyl halides is 1. The lowest BCUT2D eigenvalue weighted by atomic mass is 9.92. The Morgan fingerprint density at radius 3 is 2.43 bits per heavy atom. The lowest BCUT2D eigenvalue weighted by molar-refractivity contribution is 0.625. The normalized spacial score (nSPS) is 12.6. The van der Waals surface area contributed by atoms with Gasteiger partial charge in [0.2, 0.25) is 0 Å². The zero-order valence-corrected chi connectivity index (χ0v) is 13.6. The van der Waals surface area contributed by atoms with Gasteiger partial charge in [-0.2, -0.15) is 0 Å². The lowest BCUT2D eigenvalue weighted by Gasteiger charge is -2.18. The van der Waals surface area contributed by atoms with Gasteiger partial charge in [0.15, 0.2) is 0 Å². The molecule has 0 spiro atoms. The van der Waals surface area contributed by atoms with Gasteiger partial charge >= 0.3 is 0 Å². The molecule has 1 unspecified atom stereocenters. The predicted octanol–water partition coefficient (Wildman–Crippen LogP) is 6.08. The maximum atomic E-state index is 13.6. The molecule has 0 fully saturated rings. The van der Waals surface area contributed by atoms with Gasteiger partial charge in [-0.15, -0.1) is 0 Å². The van der Waals surface area contributed by atoms with Crippen molar-refractivity contribution in [1.29, 1.82) is 0 Å². The first kappa shape index (κ1) is 14.3. The summed E-state index contributed by atoms with van der Waals surface area (Å²) >= 11 is 3.78. The average Bonchev–Trinajstić information content (AvgIpc) is 2.49. The van der Waals surface area contributed by atoms with Crippen molar-refractivity contribution in [2.75, 3.05) is 0 Å². The van der Waals surface area contributed by atoms with E-state index in [0.717, 1.165) is 11.1 Å². The number of halogens is 2. The third-order valence-corrected chi connectivity index (χ3v) is 4.91. The predicted molar refractivity (Wildman–Crippen MR) is 90.6 cm³/mol. The van der Waals surface area contributed by atoms with Crippen molar-refractivity contribution >= 4 is 26.7 Å². The van der Waals surface area contributed by atoms with Crippen LogP contribution in [0.4, 0.5) is 4.39 Å². The maximum Gasteiger partial charge on any atom is 0.123 e. The quantitative estimate of drug-likeness (QED) is 0.495. The fourth-order valence-electron chi connectivity index (χ4n) is 2.78. The van der Waals surface area contributed by atoms with Crippen molar-refractivity contribution in [3.05, 3.63) is 82.7 Å². The Hall–Kier alpha value is -1.67. The highest BCUT2D eigenvalue weighted by Crippen LogP contribution is 2.38. The highest BCUT2D eigenvalue weighted by Gasteiger charge is 2.18. The number of hydrogen-bond donors (Lipinski definition) is 0. The van der Waals surface area contributed by atoms with Crippen LogP contribution in [0.1, 0.15) is 27.1 Å². The molecule has 0 nitrogen and oxygen atoms in total. The van der Waals surface area contributed by atoms with Gasteiger partial charge in [0.25, 0.3) is 0 Å². The van der Waals surface area contributed by atoms with Crippen molar-refractivity contribution in [2.45, 2.75) is 18.7 Å². The molecule has 3 aromatic rings. The van der Waals surface area contributed by atoms with Crippen LogP contribution in [0.2, 0.25) is 0 Å². The lowest BCUT2D eigenvalue weighted by Crippen LogP contribution is -2.00. The molecule has 0 bridgehead atoms. The first-order chi connectivity index (χ1) is 10.1. The van der Waals surface area contributed by atoms with Crippen LogP contribution >= 0.6 is 15.9 Å². The van der Waals surface area contributed by atoms with E-state index >= 15 is 0 Å². The Morgan fingerprint density at radius 1 is 0.905 bits per heavy atom. The van der Waals surface area contributed by atoms with E-state index in [1.807, 2.05) is 25.1 Å². The summed E-state index contributed by atoms with van der Waals surface area (Å²) < 4.78 is 13.6. The molecular weight excluding hydrogens is 327 g/mol. The van der Waals surface area contributed by atoms with Crippen molar-refractivity contribution < 1.29 is 4.39 Å². The van der Waals surface area contributed by atoms with E-state index in [4.69, 9.17) is 0 Å². The molecule has 2 heteroatoms. The second-order valence-electron chi connectivity index (χ2n) is 5.38. The standard InChI is InChI=1S/C19H16BrF/c1-12-8-10-15(21)11-17(12)19(20)18-13(2)7-9-14-5-3-4-6-16(14)18/h3-11,19H,1-2H3. The molecule has 106 valence electrons. The highest BCUT2D eigenvalue weighted by molar-refractivity contribution is 9.09. The van der Waals surface area contributed by atoms with Gasteiger partial charge in [-0.25, -0.2) is 4.39 Å². The van der Waals surface area contributed by atoms with Crippen LogP contribution in [0.3, 0.4) is 0 Å². The molecule has 0 aliphatic carbocycles. The Morgan fingerprint density at radius 2 is 1.62 bits per heavy atom. The summed E-state index contributed by atoms with van der Waals surface area (Å²) in [6, 6.07) is 17.5. The van der Waals surface area contributed by atoms with E-state index < -0.39 is 0 Å². The van der Waals surface area contributed by atoms with E-state index in [1.165, 1.54) is 28.0 Å². The number of hydrogen-bond acceptors (Lipinski definition) is 0. The Labute approximate surface area is 132 Å². The van der Waals surface area contributed by atoms with Crippen molar-refractivity contribution in [3.8, 4) is 0 Å². The summed E-state index contributed by atoms with van der Waals surface area (Å²) in [6.45, 7) is 4.12. The van der Waals surface area contributed by atoms with E-state index in [-0.39, 0.29) is 10.6 Å². The van der Waals surface area contributed by atoms with Crippen LogP contribution in [-0.4, -0.2) is 0 Å². The summed E-state index contributed by atoms with van der Waals surface area (Å²) in [5.41, 5.74) is 4.49. The van der Waals surface area contributed by atoms with E-state index in [1.54, 1.807) is 6.07 Å². The highest BCUT2D eigenvalue weighted by atomic mass is 79.9. The molecule has 0 N–H and O–H groups in total. The van der Waals surface area contributed by atoms with Gasteiger partial charge in [-0.05, 0) is 59.0 Å². The largest absolute Gasteiger partial charge is 0.207 e. The second-order valence-corrected chi connectivity index (χ2v) is 6.30.